The fraction of sp³-hybridized carbons (Fsp3) is 0.714. The van der Waals surface area contributed by atoms with Crippen molar-refractivity contribution in [1.82, 2.24) is 10.1 Å². The Bertz CT molecular complexity index is 287. The second-order valence-electron chi connectivity index (χ2n) is 3.01. The number of aryl methyl sites for hydroxylation is 1. The zero-order chi connectivity index (χ0) is 7.68. The summed E-state index contributed by atoms with van der Waals surface area (Å²) in [4.78, 5) is 4.32. The van der Waals surface area contributed by atoms with Crippen LogP contribution in [0.15, 0.2) is 4.52 Å². The minimum absolute atomic E-state index is 0.316. The van der Waals surface area contributed by atoms with E-state index in [4.69, 9.17) is 16.7 Å². The molecule has 11 heavy (non-hydrogen) atoms. The minimum atomic E-state index is 0.316. The van der Waals surface area contributed by atoms with Gasteiger partial charge in [0.2, 0.25) is 0 Å². The predicted molar refractivity (Wildman–Crippen MR) is 42.7 cm³/mol. The van der Waals surface area contributed by atoms with Gasteiger partial charge in [0, 0.05) is 6.42 Å². The Morgan fingerprint density at radius 3 is 3.00 bits per heavy atom. The van der Waals surface area contributed by atoms with Gasteiger partial charge < -0.3 is 4.52 Å². The molecule has 0 atom stereocenters. The molecule has 1 aliphatic rings. The Kier molecular flexibility index (Phi) is 1.77. The molecule has 3 nitrogen and oxygen atoms in total. The van der Waals surface area contributed by atoms with Crippen molar-refractivity contribution in [2.24, 2.45) is 5.92 Å². The molecule has 1 aliphatic carbocycles. The van der Waals surface area contributed by atoms with Crippen molar-refractivity contribution < 1.29 is 4.52 Å². The average Bonchev–Trinajstić information content (AvgIpc) is 2.72. The molecule has 0 radical (unpaired) electrons. The van der Waals surface area contributed by atoms with Gasteiger partial charge in [-0.15, -0.1) is 0 Å². The smallest absolute Gasteiger partial charge is 0.314 e. The van der Waals surface area contributed by atoms with Gasteiger partial charge in [0.1, 0.15) is 5.82 Å². The highest BCUT2D eigenvalue weighted by molar-refractivity contribution is 7.71. The average molecular weight is 170 g/mol. The number of hydrogen-bond donors (Lipinski definition) is 1. The molecule has 0 unspecified atom stereocenters. The first-order valence-electron chi connectivity index (χ1n) is 3.89. The standard InChI is InChI=1S/C7H10N2OS/c11-7-8-6(9-10-7)4-3-5-1-2-5/h5H,1-4H2,(H,8,9,11). The van der Waals surface area contributed by atoms with Gasteiger partial charge in [-0.25, -0.2) is 5.16 Å². The van der Waals surface area contributed by atoms with Crippen LogP contribution in [-0.2, 0) is 6.42 Å². The maximum absolute atomic E-state index is 4.80. The van der Waals surface area contributed by atoms with Crippen LogP contribution in [0.4, 0.5) is 0 Å². The molecule has 0 spiro atoms. The molecular formula is C7H10N2OS. The van der Waals surface area contributed by atoms with E-state index in [1.165, 1.54) is 19.3 Å². The molecule has 0 aliphatic heterocycles. The van der Waals surface area contributed by atoms with Crippen LogP contribution in [0.2, 0.25) is 0 Å². The Labute approximate surface area is 69.8 Å². The first-order valence-corrected chi connectivity index (χ1v) is 4.30. The minimum Gasteiger partial charge on any atom is -0.348 e. The molecule has 0 saturated heterocycles. The maximum Gasteiger partial charge on any atom is 0.314 e. The number of aromatic amines is 1. The lowest BCUT2D eigenvalue weighted by Gasteiger charge is -1.90. The van der Waals surface area contributed by atoms with Gasteiger partial charge in [0.05, 0.1) is 0 Å². The van der Waals surface area contributed by atoms with Crippen LogP contribution in [0.25, 0.3) is 0 Å². The van der Waals surface area contributed by atoms with Crippen molar-refractivity contribution in [3.63, 3.8) is 0 Å². The molecule has 1 aromatic rings. The topological polar surface area (TPSA) is 41.8 Å². The first kappa shape index (κ1) is 7.03. The van der Waals surface area contributed by atoms with Crippen molar-refractivity contribution in [2.45, 2.75) is 25.7 Å². The van der Waals surface area contributed by atoms with Gasteiger partial charge >= 0.3 is 4.84 Å². The lowest BCUT2D eigenvalue weighted by molar-refractivity contribution is 0.397. The molecular weight excluding hydrogens is 160 g/mol. The molecule has 1 N–H and O–H groups in total. The number of H-pyrrole nitrogens is 1. The van der Waals surface area contributed by atoms with E-state index in [2.05, 4.69) is 10.1 Å². The Balaban J connectivity index is 1.89. The van der Waals surface area contributed by atoms with Crippen molar-refractivity contribution >= 4 is 12.2 Å². The van der Waals surface area contributed by atoms with Crippen molar-refractivity contribution in [1.29, 1.82) is 0 Å². The van der Waals surface area contributed by atoms with Crippen LogP contribution < -0.4 is 0 Å². The summed E-state index contributed by atoms with van der Waals surface area (Å²) in [6, 6.07) is 0. The first-order chi connectivity index (χ1) is 5.34. The van der Waals surface area contributed by atoms with Crippen molar-refractivity contribution in [3.05, 3.63) is 10.7 Å². The van der Waals surface area contributed by atoms with Crippen LogP contribution in [0.1, 0.15) is 25.1 Å². The Hall–Kier alpha value is -0.640. The monoisotopic (exact) mass is 170 g/mol. The highest BCUT2D eigenvalue weighted by Crippen LogP contribution is 2.33. The third-order valence-corrected chi connectivity index (χ3v) is 2.14. The number of nitrogens with one attached hydrogen (secondary N) is 1. The number of hydrogen-bond acceptors (Lipinski definition) is 3. The fourth-order valence-electron chi connectivity index (χ4n) is 1.11. The summed E-state index contributed by atoms with van der Waals surface area (Å²) in [5, 5.41) is 2.70. The summed E-state index contributed by atoms with van der Waals surface area (Å²) >= 11 is 4.72. The highest BCUT2D eigenvalue weighted by atomic mass is 32.1. The molecule has 0 aromatic carbocycles. The zero-order valence-corrected chi connectivity index (χ0v) is 6.99. The van der Waals surface area contributed by atoms with E-state index in [0.717, 1.165) is 18.2 Å². The van der Waals surface area contributed by atoms with Crippen LogP contribution in [-0.4, -0.2) is 10.1 Å². The van der Waals surface area contributed by atoms with Crippen LogP contribution in [0, 0.1) is 10.8 Å². The summed E-state index contributed by atoms with van der Waals surface area (Å²) in [5.41, 5.74) is 0. The van der Waals surface area contributed by atoms with Gasteiger partial charge in [0.25, 0.3) is 0 Å². The number of nitrogens with zero attached hydrogens (tertiary/aromatic N) is 1. The lowest BCUT2D eigenvalue weighted by atomic mass is 10.2. The highest BCUT2D eigenvalue weighted by Gasteiger charge is 2.20. The van der Waals surface area contributed by atoms with E-state index in [9.17, 15) is 0 Å². The second-order valence-corrected chi connectivity index (χ2v) is 3.36. The molecule has 1 saturated carbocycles. The lowest BCUT2D eigenvalue weighted by Crippen LogP contribution is -1.88. The molecule has 0 bridgehead atoms. The molecule has 1 fully saturated rings. The fourth-order valence-corrected chi connectivity index (χ4v) is 1.26. The number of rotatable bonds is 3. The van der Waals surface area contributed by atoms with Crippen molar-refractivity contribution in [2.75, 3.05) is 0 Å². The normalized spacial score (nSPS) is 17.1. The van der Waals surface area contributed by atoms with E-state index in [1.807, 2.05) is 0 Å². The molecule has 1 heterocycles. The summed E-state index contributed by atoms with van der Waals surface area (Å²) in [5.74, 6) is 1.83. The zero-order valence-electron chi connectivity index (χ0n) is 6.17. The third kappa shape index (κ3) is 1.89. The number of aromatic nitrogens is 2. The van der Waals surface area contributed by atoms with Gasteiger partial charge in [-0.1, -0.05) is 12.8 Å². The molecule has 60 valence electrons. The van der Waals surface area contributed by atoms with E-state index < -0.39 is 0 Å². The predicted octanol–water partition coefficient (Wildman–Crippen LogP) is 2.07. The van der Waals surface area contributed by atoms with Gasteiger partial charge in [-0.05, 0) is 24.6 Å². The van der Waals surface area contributed by atoms with Gasteiger partial charge in [-0.2, -0.15) is 4.98 Å². The Morgan fingerprint density at radius 2 is 2.45 bits per heavy atom. The molecule has 1 aromatic heterocycles. The largest absolute Gasteiger partial charge is 0.348 e. The maximum atomic E-state index is 4.80. The third-order valence-electron chi connectivity index (χ3n) is 1.97. The van der Waals surface area contributed by atoms with Crippen LogP contribution in [0.5, 0.6) is 0 Å². The second kappa shape index (κ2) is 2.77. The van der Waals surface area contributed by atoms with Gasteiger partial charge in [-0.3, -0.25) is 0 Å². The van der Waals surface area contributed by atoms with Crippen molar-refractivity contribution in [3.8, 4) is 0 Å². The SMILES string of the molecule is S=c1nc(CCC2CC2)[nH]o1. The summed E-state index contributed by atoms with van der Waals surface area (Å²) in [6.07, 6.45) is 4.97. The summed E-state index contributed by atoms with van der Waals surface area (Å²) in [7, 11) is 0. The molecule has 2 rings (SSSR count). The van der Waals surface area contributed by atoms with E-state index in [-0.39, 0.29) is 0 Å². The quantitative estimate of drug-likeness (QED) is 0.706. The molecule has 4 heteroatoms. The summed E-state index contributed by atoms with van der Waals surface area (Å²) < 4.78 is 4.80. The van der Waals surface area contributed by atoms with Crippen LogP contribution >= 0.6 is 12.2 Å². The van der Waals surface area contributed by atoms with Gasteiger partial charge in [0.15, 0.2) is 0 Å². The van der Waals surface area contributed by atoms with E-state index in [0.29, 0.717) is 4.84 Å². The van der Waals surface area contributed by atoms with Crippen LogP contribution in [0.3, 0.4) is 0 Å². The Morgan fingerprint density at radius 1 is 1.64 bits per heavy atom. The molecule has 0 amide bonds. The van der Waals surface area contributed by atoms with E-state index in [1.54, 1.807) is 0 Å². The summed E-state index contributed by atoms with van der Waals surface area (Å²) in [6.45, 7) is 0. The van der Waals surface area contributed by atoms with E-state index >= 15 is 0 Å².